The Morgan fingerprint density at radius 1 is 0.953 bits per heavy atom. The molecule has 1 aliphatic rings. The lowest BCUT2D eigenvalue weighted by atomic mass is 9.95. The number of hydrogen-bond donors (Lipinski definition) is 1. The molecule has 0 radical (unpaired) electrons. The van der Waals surface area contributed by atoms with Crippen LogP contribution in [0.5, 0.6) is 11.5 Å². The molecule has 0 saturated carbocycles. The van der Waals surface area contributed by atoms with Crippen molar-refractivity contribution in [1.29, 1.82) is 0 Å². The monoisotopic (exact) mass is 629 g/mol. The largest absolute Gasteiger partial charge is 0.507 e. The lowest BCUT2D eigenvalue weighted by Gasteiger charge is -2.22. The average molecular weight is 630 g/mol. The number of ketones is 1. The van der Waals surface area contributed by atoms with Crippen molar-refractivity contribution in [2.75, 3.05) is 19.1 Å². The summed E-state index contributed by atoms with van der Waals surface area (Å²) < 4.78 is 11.3. The summed E-state index contributed by atoms with van der Waals surface area (Å²) in [6.07, 6.45) is 0. The van der Waals surface area contributed by atoms with Crippen molar-refractivity contribution in [3.05, 3.63) is 112 Å². The quantitative estimate of drug-likeness (QED) is 0.0628. The summed E-state index contributed by atoms with van der Waals surface area (Å²) in [5, 5.41) is 23.1. The SMILES string of the molecule is COc1ccc(C(O)=C2C(=O)C(=O)N(c3nnc(SCc4cccc5ccccc45)s3)[C@H]2c2ccc(Cl)cc2)cc1OC. The zero-order valence-corrected chi connectivity index (χ0v) is 25.4. The van der Waals surface area contributed by atoms with Gasteiger partial charge in [0, 0.05) is 16.3 Å². The Bertz CT molecular complexity index is 1880. The fourth-order valence-corrected chi connectivity index (χ4v) is 7.04. The van der Waals surface area contributed by atoms with Gasteiger partial charge in [-0.3, -0.25) is 14.5 Å². The minimum Gasteiger partial charge on any atom is -0.507 e. The molecule has 1 saturated heterocycles. The number of ether oxygens (including phenoxy) is 2. The maximum atomic E-state index is 13.6. The Balaban J connectivity index is 1.38. The number of aliphatic hydroxyl groups excluding tert-OH is 1. The standard InChI is InChI=1S/C32H24ClN3O5S2/c1-40-24-15-12-20(16-25(24)41-2)28(37)26-27(19-10-13-22(33)14-11-19)36(30(39)29(26)38)31-34-35-32(43-31)42-17-21-8-5-7-18-6-3-4-9-23(18)21/h3-16,27,37H,17H2,1-2H3/t27-/m0/s1. The number of nitrogens with zero attached hydrogens (tertiary/aromatic N) is 3. The van der Waals surface area contributed by atoms with Crippen LogP contribution in [0.2, 0.25) is 5.02 Å². The van der Waals surface area contributed by atoms with Crippen LogP contribution in [0.4, 0.5) is 5.13 Å². The molecule has 8 nitrogen and oxygen atoms in total. The predicted octanol–water partition coefficient (Wildman–Crippen LogP) is 7.28. The van der Waals surface area contributed by atoms with Gasteiger partial charge in [0.15, 0.2) is 15.8 Å². The number of rotatable bonds is 8. The lowest BCUT2D eigenvalue weighted by molar-refractivity contribution is -0.132. The van der Waals surface area contributed by atoms with Crippen LogP contribution in [0.1, 0.15) is 22.7 Å². The van der Waals surface area contributed by atoms with Gasteiger partial charge in [0.25, 0.3) is 5.78 Å². The molecule has 0 spiro atoms. The fraction of sp³-hybridized carbons (Fsp3) is 0.125. The van der Waals surface area contributed by atoms with Gasteiger partial charge in [0.1, 0.15) is 5.76 Å². The molecule has 11 heteroatoms. The lowest BCUT2D eigenvalue weighted by Crippen LogP contribution is -2.29. The van der Waals surface area contributed by atoms with E-state index in [4.69, 9.17) is 21.1 Å². The van der Waals surface area contributed by atoms with Gasteiger partial charge in [-0.1, -0.05) is 89.3 Å². The second-order valence-corrected chi connectivity index (χ2v) is 12.2. The minimum atomic E-state index is -0.964. The highest BCUT2D eigenvalue weighted by atomic mass is 35.5. The van der Waals surface area contributed by atoms with Crippen LogP contribution in [-0.2, 0) is 15.3 Å². The van der Waals surface area contributed by atoms with Crippen LogP contribution in [0, 0.1) is 0 Å². The number of aromatic nitrogens is 2. The molecule has 0 unspecified atom stereocenters. The zero-order chi connectivity index (χ0) is 30.1. The number of carbonyl (C=O) groups is 2. The summed E-state index contributed by atoms with van der Waals surface area (Å²) in [7, 11) is 2.97. The van der Waals surface area contributed by atoms with E-state index in [9.17, 15) is 14.7 Å². The van der Waals surface area contributed by atoms with Gasteiger partial charge in [0.2, 0.25) is 5.13 Å². The number of methoxy groups -OCH3 is 2. The number of Topliss-reactive ketones (excluding diaryl/α,β-unsaturated/α-hetero) is 1. The predicted molar refractivity (Wildman–Crippen MR) is 169 cm³/mol. The highest BCUT2D eigenvalue weighted by Gasteiger charge is 2.48. The molecule has 6 rings (SSSR count). The van der Waals surface area contributed by atoms with E-state index in [0.717, 1.165) is 16.3 Å². The number of aliphatic hydroxyl groups is 1. The molecule has 1 aromatic heterocycles. The van der Waals surface area contributed by atoms with Gasteiger partial charge in [-0.05, 0) is 52.2 Å². The van der Waals surface area contributed by atoms with E-state index in [2.05, 4.69) is 34.5 Å². The molecule has 0 aliphatic carbocycles. The third-order valence-corrected chi connectivity index (χ3v) is 9.48. The Hall–Kier alpha value is -4.38. The second-order valence-electron chi connectivity index (χ2n) is 9.57. The van der Waals surface area contributed by atoms with E-state index in [-0.39, 0.29) is 16.5 Å². The van der Waals surface area contributed by atoms with E-state index >= 15 is 0 Å². The van der Waals surface area contributed by atoms with Crippen molar-refractivity contribution < 1.29 is 24.2 Å². The number of hydrogen-bond acceptors (Lipinski definition) is 9. The van der Waals surface area contributed by atoms with Crippen molar-refractivity contribution in [1.82, 2.24) is 10.2 Å². The first-order valence-electron chi connectivity index (χ1n) is 13.1. The molecule has 1 amide bonds. The van der Waals surface area contributed by atoms with Gasteiger partial charge in [-0.25, -0.2) is 0 Å². The molecular formula is C32H24ClN3O5S2. The highest BCUT2D eigenvalue weighted by molar-refractivity contribution is 8.00. The molecule has 0 bridgehead atoms. The van der Waals surface area contributed by atoms with Crippen molar-refractivity contribution in [3.8, 4) is 11.5 Å². The first-order chi connectivity index (χ1) is 20.9. The molecule has 43 heavy (non-hydrogen) atoms. The van der Waals surface area contributed by atoms with Crippen LogP contribution < -0.4 is 14.4 Å². The summed E-state index contributed by atoms with van der Waals surface area (Å²) in [4.78, 5) is 28.4. The first-order valence-corrected chi connectivity index (χ1v) is 15.3. The van der Waals surface area contributed by atoms with E-state index in [1.807, 2.05) is 18.2 Å². The number of thioether (sulfide) groups is 1. The summed E-state index contributed by atoms with van der Waals surface area (Å²) in [5.41, 5.74) is 1.93. The van der Waals surface area contributed by atoms with Crippen LogP contribution in [0.25, 0.3) is 16.5 Å². The molecule has 1 aliphatic heterocycles. The van der Waals surface area contributed by atoms with Crippen molar-refractivity contribution in [3.63, 3.8) is 0 Å². The van der Waals surface area contributed by atoms with E-state index in [1.165, 1.54) is 42.2 Å². The minimum absolute atomic E-state index is 0.0836. The molecule has 2 heterocycles. The topological polar surface area (TPSA) is 102 Å². The fourth-order valence-electron chi connectivity index (χ4n) is 5.05. The summed E-state index contributed by atoms with van der Waals surface area (Å²) in [5.74, 6) is -0.542. The van der Waals surface area contributed by atoms with Gasteiger partial charge in [0.05, 0.1) is 25.8 Å². The van der Waals surface area contributed by atoms with E-state index in [1.54, 1.807) is 42.5 Å². The third-order valence-electron chi connectivity index (χ3n) is 7.12. The number of anilines is 1. The van der Waals surface area contributed by atoms with Gasteiger partial charge < -0.3 is 14.6 Å². The highest BCUT2D eigenvalue weighted by Crippen LogP contribution is 2.45. The third kappa shape index (κ3) is 5.45. The van der Waals surface area contributed by atoms with Crippen molar-refractivity contribution in [2.24, 2.45) is 0 Å². The maximum absolute atomic E-state index is 13.6. The second kappa shape index (κ2) is 12.1. The molecule has 1 fully saturated rings. The Morgan fingerprint density at radius 2 is 1.70 bits per heavy atom. The molecule has 4 aromatic carbocycles. The Morgan fingerprint density at radius 3 is 2.47 bits per heavy atom. The number of amides is 1. The van der Waals surface area contributed by atoms with Gasteiger partial charge >= 0.3 is 5.91 Å². The molecule has 216 valence electrons. The van der Waals surface area contributed by atoms with Crippen LogP contribution in [-0.4, -0.2) is 41.2 Å². The number of fused-ring (bicyclic) bond motifs is 1. The first kappa shape index (κ1) is 28.7. The normalized spacial score (nSPS) is 16.2. The van der Waals surface area contributed by atoms with Gasteiger partial charge in [-0.2, -0.15) is 0 Å². The summed E-state index contributed by atoms with van der Waals surface area (Å²) in [6, 6.07) is 24.9. The Labute approximate surface area is 260 Å². The summed E-state index contributed by atoms with van der Waals surface area (Å²) in [6.45, 7) is 0. The number of carbonyl (C=O) groups excluding carboxylic acids is 2. The molecule has 1 N–H and O–H groups in total. The van der Waals surface area contributed by atoms with Crippen LogP contribution in [0.3, 0.4) is 0 Å². The van der Waals surface area contributed by atoms with Crippen LogP contribution >= 0.6 is 34.7 Å². The maximum Gasteiger partial charge on any atom is 0.301 e. The molecule has 5 aromatic rings. The van der Waals surface area contributed by atoms with Gasteiger partial charge in [-0.15, -0.1) is 10.2 Å². The summed E-state index contributed by atoms with van der Waals surface area (Å²) >= 11 is 8.86. The van der Waals surface area contributed by atoms with Crippen LogP contribution in [0.15, 0.2) is 94.8 Å². The Kier molecular flexibility index (Phi) is 8.07. The van der Waals surface area contributed by atoms with E-state index in [0.29, 0.717) is 37.7 Å². The smallest absolute Gasteiger partial charge is 0.301 e. The van der Waals surface area contributed by atoms with E-state index < -0.39 is 17.7 Å². The number of halogens is 1. The molecule has 1 atom stereocenters. The van der Waals surface area contributed by atoms with Crippen molar-refractivity contribution >= 4 is 68.1 Å². The zero-order valence-electron chi connectivity index (χ0n) is 23.0. The van der Waals surface area contributed by atoms with Crippen molar-refractivity contribution in [2.45, 2.75) is 16.1 Å². The average Bonchev–Trinajstić information content (AvgIpc) is 3.61. The molecular weight excluding hydrogens is 606 g/mol. The number of benzene rings is 4.